The van der Waals surface area contributed by atoms with Crippen LogP contribution in [0.25, 0.3) is 0 Å². The Morgan fingerprint density at radius 3 is 2.36 bits per heavy atom. The van der Waals surface area contributed by atoms with Gasteiger partial charge in [-0.3, -0.25) is 0 Å². The highest BCUT2D eigenvalue weighted by molar-refractivity contribution is 6.51. The maximum atomic E-state index is 8.20. The summed E-state index contributed by atoms with van der Waals surface area (Å²) in [5, 5.41) is 16.3. The number of hydrogen-bond acceptors (Lipinski definition) is 5. The van der Waals surface area contributed by atoms with E-state index in [1.54, 1.807) is 6.08 Å². The number of ether oxygens (including phenoxy) is 1. The van der Waals surface area contributed by atoms with Gasteiger partial charge in [-0.1, -0.05) is 26.2 Å². The topological polar surface area (TPSA) is 72.5 Å². The van der Waals surface area contributed by atoms with Gasteiger partial charge in [0.1, 0.15) is 5.76 Å². The summed E-state index contributed by atoms with van der Waals surface area (Å²) in [5.74, 6) is 0.555. The molecule has 0 fully saturated rings. The van der Waals surface area contributed by atoms with Gasteiger partial charge in [0.05, 0.1) is 29.4 Å². The van der Waals surface area contributed by atoms with Crippen molar-refractivity contribution in [3.05, 3.63) is 36.1 Å². The normalized spacial score (nSPS) is 15.9. The maximum Gasteiger partial charge on any atom is 0.142 e. The molecule has 5 heteroatoms. The third kappa shape index (κ3) is 6.04. The summed E-state index contributed by atoms with van der Waals surface area (Å²) in [6, 6.07) is 8.57. The minimum absolute atomic E-state index is 0.272. The molecule has 0 aliphatic heterocycles. The Morgan fingerprint density at radius 1 is 1.04 bits per heavy atom. The Balaban J connectivity index is 2.11. The van der Waals surface area contributed by atoms with Crippen LogP contribution in [0.5, 0.6) is 0 Å². The third-order valence-electron chi connectivity index (χ3n) is 4.88. The van der Waals surface area contributed by atoms with Crippen LogP contribution in [0.2, 0.25) is 0 Å². The van der Waals surface area contributed by atoms with E-state index in [0.717, 1.165) is 25.1 Å². The summed E-state index contributed by atoms with van der Waals surface area (Å²) >= 11 is 0. The van der Waals surface area contributed by atoms with Crippen molar-refractivity contribution in [2.75, 3.05) is 18.1 Å². The van der Waals surface area contributed by atoms with Crippen molar-refractivity contribution >= 4 is 28.5 Å². The molecule has 1 aromatic rings. The average Bonchev–Trinajstić information content (AvgIpc) is 2.66. The third-order valence-corrected chi connectivity index (χ3v) is 4.88. The molecule has 28 heavy (non-hydrogen) atoms. The van der Waals surface area contributed by atoms with E-state index in [9.17, 15) is 0 Å². The number of unbranched alkanes of at least 4 members (excludes halogenated alkanes) is 3. The molecular weight excluding hydrogens is 348 g/mol. The lowest BCUT2D eigenvalue weighted by molar-refractivity contribution is 0.222. The largest absolute Gasteiger partial charge is 0.492 e. The number of benzene rings is 1. The molecule has 1 aromatic carbocycles. The first-order valence-corrected chi connectivity index (χ1v) is 10.4. The van der Waals surface area contributed by atoms with E-state index >= 15 is 0 Å². The van der Waals surface area contributed by atoms with E-state index < -0.39 is 0 Å². The number of nitrogens with one attached hydrogen (secondary N) is 2. The van der Waals surface area contributed by atoms with E-state index in [0.29, 0.717) is 35.5 Å². The predicted octanol–water partition coefficient (Wildman–Crippen LogP) is 5.92. The predicted molar refractivity (Wildman–Crippen MR) is 120 cm³/mol. The summed E-state index contributed by atoms with van der Waals surface area (Å²) in [4.78, 5) is 6.96. The molecule has 0 atom stereocenters. The molecule has 0 saturated carbocycles. The van der Waals surface area contributed by atoms with Gasteiger partial charge < -0.3 is 20.5 Å². The highest BCUT2D eigenvalue weighted by Gasteiger charge is 2.20. The van der Waals surface area contributed by atoms with Crippen LogP contribution in [0.15, 0.2) is 41.1 Å². The second kappa shape index (κ2) is 10.8. The summed E-state index contributed by atoms with van der Waals surface area (Å²) in [6.45, 7) is 10.3. The summed E-state index contributed by atoms with van der Waals surface area (Å²) < 4.78 is 5.80. The number of allylic oxidation sites excluding steroid dienone is 2. The fourth-order valence-electron chi connectivity index (χ4n) is 3.30. The van der Waals surface area contributed by atoms with Crippen molar-refractivity contribution in [2.45, 2.75) is 65.8 Å². The molecule has 0 bridgehead atoms. The molecule has 0 radical (unpaired) electrons. The Kier molecular flexibility index (Phi) is 8.42. The Labute approximate surface area is 169 Å². The Hall–Kier alpha value is -2.43. The van der Waals surface area contributed by atoms with E-state index in [1.165, 1.54) is 18.5 Å². The zero-order chi connectivity index (χ0) is 20.5. The molecule has 152 valence electrons. The highest BCUT2D eigenvalue weighted by atomic mass is 16.5. The fourth-order valence-corrected chi connectivity index (χ4v) is 3.30. The Morgan fingerprint density at radius 2 is 1.75 bits per heavy atom. The van der Waals surface area contributed by atoms with Gasteiger partial charge >= 0.3 is 0 Å². The van der Waals surface area contributed by atoms with Crippen LogP contribution in [0.4, 0.5) is 11.4 Å². The van der Waals surface area contributed by atoms with Crippen LogP contribution in [-0.4, -0.2) is 36.3 Å². The van der Waals surface area contributed by atoms with Crippen molar-refractivity contribution in [3.63, 3.8) is 0 Å². The molecule has 0 saturated heterocycles. The van der Waals surface area contributed by atoms with E-state index in [4.69, 9.17) is 15.6 Å². The Bertz CT molecular complexity index is 731. The second-order valence-corrected chi connectivity index (χ2v) is 7.44. The van der Waals surface area contributed by atoms with Crippen LogP contribution < -0.4 is 4.90 Å². The lowest BCUT2D eigenvalue weighted by atomic mass is 9.99. The molecule has 0 aromatic heterocycles. The minimum atomic E-state index is 0.272. The van der Waals surface area contributed by atoms with Crippen LogP contribution in [0.1, 0.15) is 59.8 Å². The molecule has 0 unspecified atom stereocenters. The molecule has 5 nitrogen and oxygen atoms in total. The zero-order valence-corrected chi connectivity index (χ0v) is 17.7. The van der Waals surface area contributed by atoms with Gasteiger partial charge in [-0.15, -0.1) is 0 Å². The van der Waals surface area contributed by atoms with Crippen molar-refractivity contribution < 1.29 is 4.74 Å². The average molecular weight is 383 g/mol. The molecule has 2 N–H and O–H groups in total. The monoisotopic (exact) mass is 382 g/mol. The van der Waals surface area contributed by atoms with Gasteiger partial charge in [-0.25, -0.2) is 4.99 Å². The number of aliphatic imine (C=N–C) groups is 1. The quantitative estimate of drug-likeness (QED) is 0.493. The van der Waals surface area contributed by atoms with Gasteiger partial charge in [0.2, 0.25) is 0 Å². The van der Waals surface area contributed by atoms with Gasteiger partial charge in [0, 0.05) is 30.8 Å². The minimum Gasteiger partial charge on any atom is -0.492 e. The number of rotatable bonds is 10. The van der Waals surface area contributed by atoms with Crippen LogP contribution in [-0.2, 0) is 4.74 Å². The second-order valence-electron chi connectivity index (χ2n) is 7.44. The molecular formula is C23H34N4O. The fraction of sp³-hybridized carbons (Fsp3) is 0.522. The van der Waals surface area contributed by atoms with Gasteiger partial charge in [0.25, 0.3) is 0 Å². The number of hydrogen-bond donors (Lipinski definition) is 2. The van der Waals surface area contributed by atoms with Crippen LogP contribution >= 0.6 is 0 Å². The smallest absolute Gasteiger partial charge is 0.142 e. The van der Waals surface area contributed by atoms with E-state index in [-0.39, 0.29) is 6.42 Å². The first-order valence-electron chi connectivity index (χ1n) is 10.4. The van der Waals surface area contributed by atoms with Crippen molar-refractivity contribution in [1.29, 1.82) is 10.8 Å². The molecule has 1 aliphatic rings. The standard InChI is InChI=1S/C23H34N4O/c1-5-7-8-9-14-28-23-16-22(20(24)15-21(23)25)26-18-10-12-19(13-11-18)27(6-2)17(3)4/h10-13,16-17,24-25H,5-9,14-15H2,1-4H3. The van der Waals surface area contributed by atoms with Crippen molar-refractivity contribution in [1.82, 2.24) is 0 Å². The highest BCUT2D eigenvalue weighted by Crippen LogP contribution is 2.23. The van der Waals surface area contributed by atoms with E-state index in [1.807, 2.05) is 12.1 Å². The summed E-state index contributed by atoms with van der Waals surface area (Å²) in [6.07, 6.45) is 6.56. The first-order chi connectivity index (χ1) is 13.5. The molecule has 0 heterocycles. The summed E-state index contributed by atoms with van der Waals surface area (Å²) in [7, 11) is 0. The molecule has 2 rings (SSSR count). The lowest BCUT2D eigenvalue weighted by Gasteiger charge is -2.27. The van der Waals surface area contributed by atoms with Gasteiger partial charge in [-0.2, -0.15) is 0 Å². The van der Waals surface area contributed by atoms with Crippen LogP contribution in [0.3, 0.4) is 0 Å². The lowest BCUT2D eigenvalue weighted by Crippen LogP contribution is -2.30. The molecule has 1 aliphatic carbocycles. The van der Waals surface area contributed by atoms with Gasteiger partial charge in [-0.05, 0) is 51.5 Å². The molecule has 0 amide bonds. The first kappa shape index (κ1) is 21.9. The summed E-state index contributed by atoms with van der Waals surface area (Å²) in [5.41, 5.74) is 3.31. The SMILES string of the molecule is CCCCCCOC1=CC(=Nc2ccc(N(CC)C(C)C)cc2)C(=N)CC1=N. The number of nitrogens with zero attached hydrogens (tertiary/aromatic N) is 2. The number of anilines is 1. The van der Waals surface area contributed by atoms with Crippen molar-refractivity contribution in [3.8, 4) is 0 Å². The van der Waals surface area contributed by atoms with Crippen LogP contribution in [0, 0.1) is 10.8 Å². The zero-order valence-electron chi connectivity index (χ0n) is 17.7. The van der Waals surface area contributed by atoms with Crippen molar-refractivity contribution in [2.24, 2.45) is 4.99 Å². The van der Waals surface area contributed by atoms with E-state index in [2.05, 4.69) is 49.7 Å². The van der Waals surface area contributed by atoms with Gasteiger partial charge in [0.15, 0.2) is 0 Å². The maximum absolute atomic E-state index is 8.20. The molecule has 0 spiro atoms.